The molecule has 0 bridgehead atoms. The van der Waals surface area contributed by atoms with Crippen LogP contribution in [0.3, 0.4) is 0 Å². The van der Waals surface area contributed by atoms with E-state index in [-0.39, 0.29) is 0 Å². The van der Waals surface area contributed by atoms with E-state index in [0.717, 1.165) is 6.54 Å². The highest BCUT2D eigenvalue weighted by molar-refractivity contribution is 5.48. The topological polar surface area (TPSA) is 15.3 Å². The molecule has 0 aliphatic heterocycles. The van der Waals surface area contributed by atoms with E-state index in [1.807, 2.05) is 0 Å². The third-order valence-corrected chi connectivity index (χ3v) is 3.46. The molecule has 20 heavy (non-hydrogen) atoms. The van der Waals surface area contributed by atoms with Crippen LogP contribution in [0.4, 0.5) is 5.69 Å². The Labute approximate surface area is 122 Å². The van der Waals surface area contributed by atoms with Crippen LogP contribution in [0.25, 0.3) is 0 Å². The summed E-state index contributed by atoms with van der Waals surface area (Å²) in [4.78, 5) is 2.18. The Morgan fingerprint density at radius 3 is 2.50 bits per heavy atom. The fraction of sp³-hybridized carbons (Fsp3) is 0.333. The van der Waals surface area contributed by atoms with Gasteiger partial charge in [0.05, 0.1) is 0 Å². The number of aryl methyl sites for hydroxylation is 1. The zero-order valence-electron chi connectivity index (χ0n) is 12.9. The van der Waals surface area contributed by atoms with E-state index >= 15 is 0 Å². The van der Waals surface area contributed by atoms with Crippen molar-refractivity contribution in [1.29, 1.82) is 0 Å². The molecule has 2 aromatic carbocycles. The van der Waals surface area contributed by atoms with Gasteiger partial charge in [-0.2, -0.15) is 0 Å². The van der Waals surface area contributed by atoms with Gasteiger partial charge in [-0.25, -0.2) is 0 Å². The molecule has 0 aromatic heterocycles. The molecule has 0 saturated heterocycles. The average molecular weight is 268 g/mol. The maximum absolute atomic E-state index is 3.59. The number of hydrogen-bond acceptors (Lipinski definition) is 2. The van der Waals surface area contributed by atoms with Gasteiger partial charge in [0.1, 0.15) is 0 Å². The van der Waals surface area contributed by atoms with Crippen molar-refractivity contribution in [3.8, 4) is 0 Å². The maximum atomic E-state index is 3.59. The van der Waals surface area contributed by atoms with Crippen molar-refractivity contribution in [3.63, 3.8) is 0 Å². The van der Waals surface area contributed by atoms with Gasteiger partial charge in [-0.05, 0) is 56.8 Å². The van der Waals surface area contributed by atoms with Crippen LogP contribution >= 0.6 is 0 Å². The van der Waals surface area contributed by atoms with E-state index in [1.165, 1.54) is 22.4 Å². The summed E-state index contributed by atoms with van der Waals surface area (Å²) < 4.78 is 0. The first kappa shape index (κ1) is 14.6. The van der Waals surface area contributed by atoms with E-state index in [2.05, 4.69) is 86.7 Å². The van der Waals surface area contributed by atoms with Gasteiger partial charge in [0, 0.05) is 18.3 Å². The number of benzene rings is 2. The lowest BCUT2D eigenvalue weighted by molar-refractivity contribution is 0.402. The maximum Gasteiger partial charge on any atom is 0.0488 e. The Hall–Kier alpha value is -1.80. The second kappa shape index (κ2) is 6.58. The SMILES string of the molecule is Cc1ccccc1C(C)Nc1cccc(CN(C)C)c1. The lowest BCUT2D eigenvalue weighted by atomic mass is 10.0. The van der Waals surface area contributed by atoms with Gasteiger partial charge < -0.3 is 10.2 Å². The Bertz CT molecular complexity index is 561. The Morgan fingerprint density at radius 2 is 1.80 bits per heavy atom. The normalized spacial score (nSPS) is 12.4. The molecule has 2 aromatic rings. The number of nitrogens with one attached hydrogen (secondary N) is 1. The highest BCUT2D eigenvalue weighted by Crippen LogP contribution is 2.22. The summed E-state index contributed by atoms with van der Waals surface area (Å²) in [6.45, 7) is 5.34. The van der Waals surface area contributed by atoms with Crippen LogP contribution in [0.2, 0.25) is 0 Å². The Balaban J connectivity index is 2.12. The number of rotatable bonds is 5. The van der Waals surface area contributed by atoms with E-state index < -0.39 is 0 Å². The summed E-state index contributed by atoms with van der Waals surface area (Å²) in [6.07, 6.45) is 0. The lowest BCUT2D eigenvalue weighted by Gasteiger charge is -2.19. The third kappa shape index (κ3) is 3.84. The predicted molar refractivity (Wildman–Crippen MR) is 87.0 cm³/mol. The minimum atomic E-state index is 0.311. The molecule has 0 fully saturated rings. The molecule has 0 radical (unpaired) electrons. The second-order valence-corrected chi connectivity index (χ2v) is 5.66. The first-order valence-electron chi connectivity index (χ1n) is 7.12. The summed E-state index contributed by atoms with van der Waals surface area (Å²) in [7, 11) is 4.19. The van der Waals surface area contributed by atoms with E-state index in [1.54, 1.807) is 0 Å². The summed E-state index contributed by atoms with van der Waals surface area (Å²) in [5, 5.41) is 3.59. The van der Waals surface area contributed by atoms with Crippen LogP contribution in [0.15, 0.2) is 48.5 Å². The Kier molecular flexibility index (Phi) is 4.80. The van der Waals surface area contributed by atoms with Gasteiger partial charge in [0.15, 0.2) is 0 Å². The van der Waals surface area contributed by atoms with Crippen LogP contribution in [-0.4, -0.2) is 19.0 Å². The molecule has 0 aliphatic rings. The molecule has 0 heterocycles. The molecule has 2 nitrogen and oxygen atoms in total. The zero-order valence-corrected chi connectivity index (χ0v) is 12.9. The second-order valence-electron chi connectivity index (χ2n) is 5.66. The number of nitrogens with zero attached hydrogens (tertiary/aromatic N) is 1. The van der Waals surface area contributed by atoms with Crippen molar-refractivity contribution in [2.45, 2.75) is 26.4 Å². The van der Waals surface area contributed by atoms with Gasteiger partial charge >= 0.3 is 0 Å². The van der Waals surface area contributed by atoms with Gasteiger partial charge in [-0.3, -0.25) is 0 Å². The van der Waals surface area contributed by atoms with Crippen LogP contribution < -0.4 is 5.32 Å². The molecule has 1 atom stereocenters. The highest BCUT2D eigenvalue weighted by atomic mass is 15.0. The van der Waals surface area contributed by atoms with Gasteiger partial charge in [0.25, 0.3) is 0 Å². The highest BCUT2D eigenvalue weighted by Gasteiger charge is 2.07. The van der Waals surface area contributed by atoms with Crippen molar-refractivity contribution in [3.05, 3.63) is 65.2 Å². The quantitative estimate of drug-likeness (QED) is 0.873. The summed E-state index contributed by atoms with van der Waals surface area (Å²) in [6, 6.07) is 17.5. The van der Waals surface area contributed by atoms with Crippen molar-refractivity contribution in [2.24, 2.45) is 0 Å². The standard InChI is InChI=1S/C18H24N2/c1-14-8-5-6-11-18(14)15(2)19-17-10-7-9-16(12-17)13-20(3)4/h5-12,15,19H,13H2,1-4H3. The number of anilines is 1. The molecule has 0 saturated carbocycles. The van der Waals surface area contributed by atoms with Gasteiger partial charge in [0.2, 0.25) is 0 Å². The van der Waals surface area contributed by atoms with Crippen LogP contribution in [0, 0.1) is 6.92 Å². The largest absolute Gasteiger partial charge is 0.379 e. The van der Waals surface area contributed by atoms with Crippen molar-refractivity contribution in [1.82, 2.24) is 4.90 Å². The zero-order chi connectivity index (χ0) is 14.5. The molecule has 1 N–H and O–H groups in total. The van der Waals surface area contributed by atoms with Crippen molar-refractivity contribution in [2.75, 3.05) is 19.4 Å². The number of hydrogen-bond donors (Lipinski definition) is 1. The third-order valence-electron chi connectivity index (χ3n) is 3.46. The lowest BCUT2D eigenvalue weighted by Crippen LogP contribution is -2.11. The molecule has 106 valence electrons. The van der Waals surface area contributed by atoms with E-state index in [0.29, 0.717) is 6.04 Å². The van der Waals surface area contributed by atoms with Crippen molar-refractivity contribution < 1.29 is 0 Å². The fourth-order valence-electron chi connectivity index (χ4n) is 2.52. The summed E-state index contributed by atoms with van der Waals surface area (Å²) in [5.74, 6) is 0. The summed E-state index contributed by atoms with van der Waals surface area (Å²) >= 11 is 0. The van der Waals surface area contributed by atoms with Crippen LogP contribution in [0.5, 0.6) is 0 Å². The molecule has 2 rings (SSSR count). The van der Waals surface area contributed by atoms with Gasteiger partial charge in [-0.1, -0.05) is 36.4 Å². The monoisotopic (exact) mass is 268 g/mol. The smallest absolute Gasteiger partial charge is 0.0488 e. The van der Waals surface area contributed by atoms with Crippen LogP contribution in [0.1, 0.15) is 29.7 Å². The first-order chi connectivity index (χ1) is 9.56. The minimum absolute atomic E-state index is 0.311. The fourth-order valence-corrected chi connectivity index (χ4v) is 2.52. The van der Waals surface area contributed by atoms with E-state index in [4.69, 9.17) is 0 Å². The molecule has 2 heteroatoms. The molecule has 1 unspecified atom stereocenters. The average Bonchev–Trinajstić information content (AvgIpc) is 2.38. The van der Waals surface area contributed by atoms with E-state index in [9.17, 15) is 0 Å². The molecular weight excluding hydrogens is 244 g/mol. The van der Waals surface area contributed by atoms with Gasteiger partial charge in [-0.15, -0.1) is 0 Å². The Morgan fingerprint density at radius 1 is 1.05 bits per heavy atom. The molecular formula is C18H24N2. The summed E-state index contributed by atoms with van der Waals surface area (Å²) in [5.41, 5.74) is 5.19. The van der Waals surface area contributed by atoms with Crippen LogP contribution in [-0.2, 0) is 6.54 Å². The van der Waals surface area contributed by atoms with Crippen molar-refractivity contribution >= 4 is 5.69 Å². The first-order valence-corrected chi connectivity index (χ1v) is 7.12. The molecule has 0 amide bonds. The molecule has 0 aliphatic carbocycles. The predicted octanol–water partition coefficient (Wildman–Crippen LogP) is 4.23. The molecule has 0 spiro atoms. The minimum Gasteiger partial charge on any atom is -0.379 e.